The number of amides is 1. The van der Waals surface area contributed by atoms with Gasteiger partial charge in [-0.3, -0.25) is 4.79 Å². The molecule has 1 saturated heterocycles. The Bertz CT molecular complexity index is 952. The average molecular weight is 365 g/mol. The summed E-state index contributed by atoms with van der Waals surface area (Å²) in [7, 11) is 0. The SMILES string of the molecule is CC1CCCCN1C(=O)c1cc(-c2ccc(Cl)cc2)nc2ccccc12. The molecule has 0 radical (unpaired) electrons. The van der Waals surface area contributed by atoms with Crippen LogP contribution in [0.1, 0.15) is 36.5 Å². The van der Waals surface area contributed by atoms with E-state index in [2.05, 4.69) is 6.92 Å². The number of nitrogens with zero attached hydrogens (tertiary/aromatic N) is 2. The molecule has 1 unspecified atom stereocenters. The van der Waals surface area contributed by atoms with Crippen molar-refractivity contribution in [1.29, 1.82) is 0 Å². The Morgan fingerprint density at radius 3 is 2.65 bits per heavy atom. The number of pyridine rings is 1. The fourth-order valence-corrected chi connectivity index (χ4v) is 3.80. The molecule has 1 atom stereocenters. The van der Waals surface area contributed by atoms with Gasteiger partial charge >= 0.3 is 0 Å². The predicted octanol–water partition coefficient (Wildman–Crippen LogP) is 5.57. The molecule has 1 aromatic heterocycles. The van der Waals surface area contributed by atoms with Crippen LogP contribution < -0.4 is 0 Å². The molecule has 1 aliphatic rings. The number of rotatable bonds is 2. The highest BCUT2D eigenvalue weighted by molar-refractivity contribution is 6.30. The monoisotopic (exact) mass is 364 g/mol. The Morgan fingerprint density at radius 1 is 1.12 bits per heavy atom. The lowest BCUT2D eigenvalue weighted by atomic mass is 9.99. The van der Waals surface area contributed by atoms with Crippen molar-refractivity contribution in [2.45, 2.75) is 32.2 Å². The van der Waals surface area contributed by atoms with Crippen molar-refractivity contribution in [3.8, 4) is 11.3 Å². The third kappa shape index (κ3) is 3.19. The van der Waals surface area contributed by atoms with Crippen LogP contribution in [0.3, 0.4) is 0 Å². The number of para-hydroxylation sites is 1. The molecule has 1 amide bonds. The minimum absolute atomic E-state index is 0.103. The molecule has 1 fully saturated rings. The first-order chi connectivity index (χ1) is 12.6. The first-order valence-electron chi connectivity index (χ1n) is 9.10. The lowest BCUT2D eigenvalue weighted by molar-refractivity contribution is 0.0637. The molecule has 0 aliphatic carbocycles. The lowest BCUT2D eigenvalue weighted by Crippen LogP contribution is -2.42. The molecular formula is C22H21ClN2O. The molecule has 0 saturated carbocycles. The number of hydrogen-bond donors (Lipinski definition) is 0. The fraction of sp³-hybridized carbons (Fsp3) is 0.273. The van der Waals surface area contributed by atoms with Crippen molar-refractivity contribution < 1.29 is 4.79 Å². The van der Waals surface area contributed by atoms with Gasteiger partial charge in [-0.2, -0.15) is 0 Å². The van der Waals surface area contributed by atoms with Crippen LogP contribution in [0.4, 0.5) is 0 Å². The van der Waals surface area contributed by atoms with Crippen molar-refractivity contribution in [3.63, 3.8) is 0 Å². The summed E-state index contributed by atoms with van der Waals surface area (Å²) < 4.78 is 0. The number of fused-ring (bicyclic) bond motifs is 1. The van der Waals surface area contributed by atoms with Gasteiger partial charge in [-0.05, 0) is 50.5 Å². The second kappa shape index (κ2) is 7.08. The summed E-state index contributed by atoms with van der Waals surface area (Å²) >= 11 is 6.01. The van der Waals surface area contributed by atoms with Crippen molar-refractivity contribution >= 4 is 28.4 Å². The topological polar surface area (TPSA) is 33.2 Å². The van der Waals surface area contributed by atoms with Crippen LogP contribution in [0, 0.1) is 0 Å². The largest absolute Gasteiger partial charge is 0.336 e. The van der Waals surface area contributed by atoms with E-state index in [0.29, 0.717) is 5.02 Å². The summed E-state index contributed by atoms with van der Waals surface area (Å²) in [5.41, 5.74) is 3.33. The van der Waals surface area contributed by atoms with Gasteiger partial charge in [-0.1, -0.05) is 41.9 Å². The van der Waals surface area contributed by atoms with Crippen LogP contribution in [0.2, 0.25) is 5.02 Å². The van der Waals surface area contributed by atoms with Crippen LogP contribution in [0.5, 0.6) is 0 Å². The smallest absolute Gasteiger partial charge is 0.254 e. The zero-order valence-electron chi connectivity index (χ0n) is 14.8. The second-order valence-corrected chi connectivity index (χ2v) is 7.36. The van der Waals surface area contributed by atoms with E-state index in [-0.39, 0.29) is 11.9 Å². The van der Waals surface area contributed by atoms with E-state index in [1.165, 1.54) is 6.42 Å². The van der Waals surface area contributed by atoms with Crippen LogP contribution in [0.15, 0.2) is 54.6 Å². The summed E-state index contributed by atoms with van der Waals surface area (Å²) in [5, 5.41) is 1.60. The Kier molecular flexibility index (Phi) is 4.64. The summed E-state index contributed by atoms with van der Waals surface area (Å²) in [6.07, 6.45) is 3.33. The molecule has 3 aromatic rings. The fourth-order valence-electron chi connectivity index (χ4n) is 3.68. The van der Waals surface area contributed by atoms with Crippen LogP contribution >= 0.6 is 11.6 Å². The number of hydrogen-bond acceptors (Lipinski definition) is 2. The van der Waals surface area contributed by atoms with Gasteiger partial charge in [0, 0.05) is 28.6 Å². The number of benzene rings is 2. The van der Waals surface area contributed by atoms with Crippen LogP contribution in [0.25, 0.3) is 22.2 Å². The molecule has 0 spiro atoms. The van der Waals surface area contributed by atoms with Crippen molar-refractivity contribution in [1.82, 2.24) is 9.88 Å². The standard InChI is InChI=1S/C22H21ClN2O/c1-15-6-4-5-13-25(15)22(26)19-14-21(16-9-11-17(23)12-10-16)24-20-8-3-2-7-18(19)20/h2-3,7-12,14-15H,4-6,13H2,1H3. The molecule has 132 valence electrons. The maximum absolute atomic E-state index is 13.3. The number of likely N-dealkylation sites (tertiary alicyclic amines) is 1. The Labute approximate surface area is 158 Å². The molecule has 1 aliphatic heterocycles. The molecule has 2 aromatic carbocycles. The van der Waals surface area contributed by atoms with Gasteiger partial charge in [0.1, 0.15) is 0 Å². The zero-order chi connectivity index (χ0) is 18.1. The molecule has 26 heavy (non-hydrogen) atoms. The molecule has 4 rings (SSSR count). The van der Waals surface area contributed by atoms with Gasteiger partial charge in [-0.25, -0.2) is 4.98 Å². The van der Waals surface area contributed by atoms with Gasteiger partial charge in [0.05, 0.1) is 16.8 Å². The van der Waals surface area contributed by atoms with E-state index in [4.69, 9.17) is 16.6 Å². The minimum Gasteiger partial charge on any atom is -0.336 e. The third-order valence-electron chi connectivity index (χ3n) is 5.15. The summed E-state index contributed by atoms with van der Waals surface area (Å²) in [6, 6.07) is 17.7. The maximum atomic E-state index is 13.3. The summed E-state index contributed by atoms with van der Waals surface area (Å²) in [5.74, 6) is 0.103. The quantitative estimate of drug-likeness (QED) is 0.595. The van der Waals surface area contributed by atoms with E-state index in [0.717, 1.165) is 47.1 Å². The highest BCUT2D eigenvalue weighted by atomic mass is 35.5. The van der Waals surface area contributed by atoms with E-state index in [1.807, 2.05) is 59.5 Å². The first kappa shape index (κ1) is 17.0. The number of carbonyl (C=O) groups excluding carboxylic acids is 1. The third-order valence-corrected chi connectivity index (χ3v) is 5.40. The molecule has 2 heterocycles. The Hall–Kier alpha value is -2.39. The van der Waals surface area contributed by atoms with E-state index >= 15 is 0 Å². The Balaban J connectivity index is 1.84. The van der Waals surface area contributed by atoms with Crippen molar-refractivity contribution in [2.75, 3.05) is 6.54 Å². The van der Waals surface area contributed by atoms with Crippen molar-refractivity contribution in [2.24, 2.45) is 0 Å². The summed E-state index contributed by atoms with van der Waals surface area (Å²) in [4.78, 5) is 20.1. The molecule has 3 nitrogen and oxygen atoms in total. The van der Waals surface area contributed by atoms with Crippen LogP contribution in [-0.4, -0.2) is 28.4 Å². The minimum atomic E-state index is 0.103. The second-order valence-electron chi connectivity index (χ2n) is 6.92. The van der Waals surface area contributed by atoms with E-state index < -0.39 is 0 Å². The van der Waals surface area contributed by atoms with E-state index in [1.54, 1.807) is 0 Å². The zero-order valence-corrected chi connectivity index (χ0v) is 15.5. The lowest BCUT2D eigenvalue weighted by Gasteiger charge is -2.33. The summed E-state index contributed by atoms with van der Waals surface area (Å²) in [6.45, 7) is 2.97. The highest BCUT2D eigenvalue weighted by Crippen LogP contribution is 2.28. The maximum Gasteiger partial charge on any atom is 0.254 e. The van der Waals surface area contributed by atoms with Gasteiger partial charge in [0.15, 0.2) is 0 Å². The molecule has 0 bridgehead atoms. The number of carbonyl (C=O) groups is 1. The molecular weight excluding hydrogens is 344 g/mol. The van der Waals surface area contributed by atoms with Gasteiger partial charge in [0.2, 0.25) is 0 Å². The van der Waals surface area contributed by atoms with E-state index in [9.17, 15) is 4.79 Å². The normalized spacial score (nSPS) is 17.5. The predicted molar refractivity (Wildman–Crippen MR) is 107 cm³/mol. The van der Waals surface area contributed by atoms with Gasteiger partial charge in [0.25, 0.3) is 5.91 Å². The first-order valence-corrected chi connectivity index (χ1v) is 9.48. The van der Waals surface area contributed by atoms with Crippen LogP contribution in [-0.2, 0) is 0 Å². The number of aromatic nitrogens is 1. The van der Waals surface area contributed by atoms with Gasteiger partial charge < -0.3 is 4.90 Å². The molecule has 4 heteroatoms. The molecule has 0 N–H and O–H groups in total. The van der Waals surface area contributed by atoms with Gasteiger partial charge in [-0.15, -0.1) is 0 Å². The highest BCUT2D eigenvalue weighted by Gasteiger charge is 2.26. The number of piperidine rings is 1. The number of halogens is 1. The Morgan fingerprint density at radius 2 is 1.88 bits per heavy atom. The average Bonchev–Trinajstić information content (AvgIpc) is 2.67. The van der Waals surface area contributed by atoms with Crippen molar-refractivity contribution in [3.05, 3.63) is 65.2 Å².